The van der Waals surface area contributed by atoms with Crippen molar-refractivity contribution in [2.45, 2.75) is 39.8 Å². The lowest BCUT2D eigenvalue weighted by molar-refractivity contribution is 0.163. The standard InChI is InChI=1S/C17H23N5O/c1-13-14(2)20-12-22(17(13)23)10-15-4-8-21(9-5-15)11-16-18-6-3-7-19-16/h3,6-7,12,15H,4-5,8-11H2,1-2H3. The van der Waals surface area contributed by atoms with Crippen molar-refractivity contribution in [1.29, 1.82) is 0 Å². The van der Waals surface area contributed by atoms with Crippen LogP contribution in [0.4, 0.5) is 0 Å². The average Bonchev–Trinajstić information content (AvgIpc) is 2.58. The summed E-state index contributed by atoms with van der Waals surface area (Å²) >= 11 is 0. The van der Waals surface area contributed by atoms with Gasteiger partial charge in [-0.2, -0.15) is 0 Å². The summed E-state index contributed by atoms with van der Waals surface area (Å²) in [6.07, 6.45) is 7.44. The van der Waals surface area contributed by atoms with Crippen molar-refractivity contribution in [3.63, 3.8) is 0 Å². The molecule has 0 atom stereocenters. The van der Waals surface area contributed by atoms with Crippen molar-refractivity contribution in [2.24, 2.45) is 5.92 Å². The summed E-state index contributed by atoms with van der Waals surface area (Å²) in [7, 11) is 0. The molecule has 0 radical (unpaired) electrons. The summed E-state index contributed by atoms with van der Waals surface area (Å²) in [6, 6.07) is 1.84. The molecule has 1 fully saturated rings. The third kappa shape index (κ3) is 3.82. The fourth-order valence-electron chi connectivity index (χ4n) is 3.02. The Morgan fingerprint density at radius 1 is 1.13 bits per heavy atom. The highest BCUT2D eigenvalue weighted by Gasteiger charge is 2.21. The number of likely N-dealkylation sites (tertiary alicyclic amines) is 1. The molecule has 3 rings (SSSR count). The van der Waals surface area contributed by atoms with Crippen molar-refractivity contribution in [2.75, 3.05) is 13.1 Å². The van der Waals surface area contributed by atoms with Crippen LogP contribution in [-0.4, -0.2) is 37.5 Å². The smallest absolute Gasteiger partial charge is 0.256 e. The minimum Gasteiger partial charge on any atom is -0.299 e. The predicted molar refractivity (Wildman–Crippen MR) is 88.0 cm³/mol. The zero-order valence-electron chi connectivity index (χ0n) is 13.8. The van der Waals surface area contributed by atoms with Gasteiger partial charge in [-0.1, -0.05) is 0 Å². The van der Waals surface area contributed by atoms with E-state index in [1.54, 1.807) is 23.3 Å². The number of aryl methyl sites for hydroxylation is 1. The molecule has 3 heterocycles. The maximum atomic E-state index is 12.3. The van der Waals surface area contributed by atoms with Crippen LogP contribution in [0.2, 0.25) is 0 Å². The van der Waals surface area contributed by atoms with Gasteiger partial charge >= 0.3 is 0 Å². The van der Waals surface area contributed by atoms with Gasteiger partial charge in [0, 0.05) is 30.2 Å². The Morgan fingerprint density at radius 2 is 1.83 bits per heavy atom. The first-order valence-electron chi connectivity index (χ1n) is 8.14. The van der Waals surface area contributed by atoms with E-state index in [2.05, 4.69) is 19.9 Å². The number of rotatable bonds is 4. The van der Waals surface area contributed by atoms with E-state index in [0.717, 1.165) is 56.1 Å². The topological polar surface area (TPSA) is 63.9 Å². The molecule has 2 aromatic heterocycles. The molecule has 0 unspecified atom stereocenters. The molecule has 0 N–H and O–H groups in total. The fourth-order valence-corrected chi connectivity index (χ4v) is 3.02. The van der Waals surface area contributed by atoms with E-state index in [0.29, 0.717) is 5.92 Å². The summed E-state index contributed by atoms with van der Waals surface area (Å²) in [4.78, 5) is 27.5. The Kier molecular flexibility index (Phi) is 4.81. The number of nitrogens with zero attached hydrogens (tertiary/aromatic N) is 5. The maximum absolute atomic E-state index is 12.3. The third-order valence-corrected chi connectivity index (χ3v) is 4.66. The molecule has 1 aliphatic rings. The molecule has 6 nitrogen and oxygen atoms in total. The van der Waals surface area contributed by atoms with Crippen LogP contribution in [-0.2, 0) is 13.1 Å². The third-order valence-electron chi connectivity index (χ3n) is 4.66. The second-order valence-electron chi connectivity index (χ2n) is 6.30. The van der Waals surface area contributed by atoms with Crippen molar-refractivity contribution >= 4 is 0 Å². The molecule has 0 aromatic carbocycles. The molecular formula is C17H23N5O. The average molecular weight is 313 g/mol. The van der Waals surface area contributed by atoms with Crippen LogP contribution in [0.15, 0.2) is 29.6 Å². The van der Waals surface area contributed by atoms with Gasteiger partial charge in [0.1, 0.15) is 5.82 Å². The van der Waals surface area contributed by atoms with Crippen LogP contribution >= 0.6 is 0 Å². The van der Waals surface area contributed by atoms with Gasteiger partial charge in [-0.3, -0.25) is 14.3 Å². The van der Waals surface area contributed by atoms with E-state index in [-0.39, 0.29) is 5.56 Å². The lowest BCUT2D eigenvalue weighted by Crippen LogP contribution is -2.36. The predicted octanol–water partition coefficient (Wildman–Crippen LogP) is 1.56. The monoisotopic (exact) mass is 313 g/mol. The van der Waals surface area contributed by atoms with Gasteiger partial charge in [-0.05, 0) is 51.8 Å². The van der Waals surface area contributed by atoms with Crippen LogP contribution in [0.5, 0.6) is 0 Å². The van der Waals surface area contributed by atoms with Crippen molar-refractivity contribution in [3.05, 3.63) is 52.2 Å². The summed E-state index contributed by atoms with van der Waals surface area (Å²) < 4.78 is 1.77. The largest absolute Gasteiger partial charge is 0.299 e. The van der Waals surface area contributed by atoms with Gasteiger partial charge in [0.2, 0.25) is 0 Å². The van der Waals surface area contributed by atoms with E-state index < -0.39 is 0 Å². The summed E-state index contributed by atoms with van der Waals surface area (Å²) in [5.41, 5.74) is 1.67. The van der Waals surface area contributed by atoms with Gasteiger partial charge in [0.15, 0.2) is 0 Å². The molecule has 1 saturated heterocycles. The summed E-state index contributed by atoms with van der Waals surface area (Å²) in [5.74, 6) is 1.41. The van der Waals surface area contributed by atoms with Crippen LogP contribution in [0.25, 0.3) is 0 Å². The highest BCUT2D eigenvalue weighted by atomic mass is 16.1. The Bertz CT molecular complexity index is 705. The second kappa shape index (κ2) is 7.00. The first kappa shape index (κ1) is 15.8. The molecule has 0 bridgehead atoms. The molecule has 0 aliphatic carbocycles. The van der Waals surface area contributed by atoms with Gasteiger partial charge in [0.05, 0.1) is 12.9 Å². The van der Waals surface area contributed by atoms with E-state index in [9.17, 15) is 4.79 Å². The van der Waals surface area contributed by atoms with Crippen molar-refractivity contribution < 1.29 is 0 Å². The summed E-state index contributed by atoms with van der Waals surface area (Å²) in [5, 5.41) is 0. The molecule has 0 spiro atoms. The molecule has 122 valence electrons. The minimum atomic E-state index is 0.0950. The zero-order valence-corrected chi connectivity index (χ0v) is 13.8. The number of hydrogen-bond donors (Lipinski definition) is 0. The first-order valence-corrected chi connectivity index (χ1v) is 8.14. The lowest BCUT2D eigenvalue weighted by atomic mass is 9.96. The Labute approximate surface area is 136 Å². The molecule has 2 aromatic rings. The van der Waals surface area contributed by atoms with Crippen LogP contribution < -0.4 is 5.56 Å². The van der Waals surface area contributed by atoms with Gasteiger partial charge in [0.25, 0.3) is 5.56 Å². The fraction of sp³-hybridized carbons (Fsp3) is 0.529. The Morgan fingerprint density at radius 3 is 2.52 bits per heavy atom. The molecule has 0 amide bonds. The van der Waals surface area contributed by atoms with Crippen LogP contribution in [0.1, 0.15) is 29.9 Å². The van der Waals surface area contributed by atoms with Gasteiger partial charge in [-0.25, -0.2) is 15.0 Å². The molecule has 1 aliphatic heterocycles. The molecular weight excluding hydrogens is 290 g/mol. The Hall–Kier alpha value is -2.08. The van der Waals surface area contributed by atoms with Gasteiger partial charge in [-0.15, -0.1) is 0 Å². The van der Waals surface area contributed by atoms with E-state index >= 15 is 0 Å². The van der Waals surface area contributed by atoms with Crippen LogP contribution in [0, 0.1) is 19.8 Å². The Balaban J connectivity index is 1.55. The van der Waals surface area contributed by atoms with Crippen molar-refractivity contribution in [1.82, 2.24) is 24.4 Å². The zero-order chi connectivity index (χ0) is 16.2. The summed E-state index contributed by atoms with van der Waals surface area (Å²) in [6.45, 7) is 7.35. The van der Waals surface area contributed by atoms with E-state index in [1.165, 1.54) is 0 Å². The second-order valence-corrected chi connectivity index (χ2v) is 6.30. The number of piperidine rings is 1. The highest BCUT2D eigenvalue weighted by molar-refractivity contribution is 5.12. The lowest BCUT2D eigenvalue weighted by Gasteiger charge is -2.31. The molecule has 6 heteroatoms. The molecule has 23 heavy (non-hydrogen) atoms. The number of aromatic nitrogens is 4. The number of hydrogen-bond acceptors (Lipinski definition) is 5. The minimum absolute atomic E-state index is 0.0950. The van der Waals surface area contributed by atoms with E-state index in [4.69, 9.17) is 0 Å². The quantitative estimate of drug-likeness (QED) is 0.857. The highest BCUT2D eigenvalue weighted by Crippen LogP contribution is 2.19. The SMILES string of the molecule is Cc1ncn(CC2CCN(Cc3ncccn3)CC2)c(=O)c1C. The van der Waals surface area contributed by atoms with E-state index in [1.807, 2.05) is 19.9 Å². The van der Waals surface area contributed by atoms with Crippen molar-refractivity contribution in [3.8, 4) is 0 Å². The maximum Gasteiger partial charge on any atom is 0.256 e. The normalized spacial score (nSPS) is 16.6. The molecule has 0 saturated carbocycles. The van der Waals surface area contributed by atoms with Crippen LogP contribution in [0.3, 0.4) is 0 Å². The van der Waals surface area contributed by atoms with Gasteiger partial charge < -0.3 is 0 Å². The first-order chi connectivity index (χ1) is 11.1.